The third kappa shape index (κ3) is 3.51. The van der Waals surface area contributed by atoms with E-state index in [0.717, 1.165) is 12.8 Å². The highest BCUT2D eigenvalue weighted by molar-refractivity contribution is 6.06. The predicted molar refractivity (Wildman–Crippen MR) is 97.9 cm³/mol. The van der Waals surface area contributed by atoms with E-state index in [0.29, 0.717) is 54.9 Å². The van der Waals surface area contributed by atoms with Crippen LogP contribution in [-0.4, -0.2) is 65.5 Å². The molecule has 2 aromatic rings. The molecule has 1 aromatic carbocycles. The number of fused-ring (bicyclic) bond motifs is 1. The molecule has 1 aromatic heterocycles. The summed E-state index contributed by atoms with van der Waals surface area (Å²) >= 11 is 0. The minimum absolute atomic E-state index is 0.0280. The van der Waals surface area contributed by atoms with E-state index in [1.807, 2.05) is 0 Å². The molecule has 4 rings (SSSR count). The van der Waals surface area contributed by atoms with Crippen LogP contribution in [0.25, 0.3) is 10.9 Å². The molecule has 6 nitrogen and oxygen atoms in total. The average Bonchev–Trinajstić information content (AvgIpc) is 3.20. The Bertz CT molecular complexity index is 882. The van der Waals surface area contributed by atoms with Crippen LogP contribution in [0.15, 0.2) is 24.3 Å². The van der Waals surface area contributed by atoms with Gasteiger partial charge in [-0.15, -0.1) is 0 Å². The van der Waals surface area contributed by atoms with Crippen molar-refractivity contribution in [3.05, 3.63) is 41.3 Å². The summed E-state index contributed by atoms with van der Waals surface area (Å²) in [4.78, 5) is 33.4. The van der Waals surface area contributed by atoms with Crippen molar-refractivity contribution in [2.75, 3.05) is 32.8 Å². The Labute approximate surface area is 156 Å². The lowest BCUT2D eigenvalue weighted by Gasteiger charge is -2.36. The monoisotopic (exact) mass is 371 g/mol. The number of rotatable bonds is 2. The van der Waals surface area contributed by atoms with Crippen LogP contribution in [0.5, 0.6) is 0 Å². The van der Waals surface area contributed by atoms with Crippen LogP contribution in [0.4, 0.5) is 4.39 Å². The zero-order valence-electron chi connectivity index (χ0n) is 15.3. The fourth-order valence-electron chi connectivity index (χ4n) is 3.79. The molecule has 0 N–H and O–H groups in total. The van der Waals surface area contributed by atoms with Crippen LogP contribution in [0.2, 0.25) is 0 Å². The lowest BCUT2D eigenvalue weighted by molar-refractivity contribution is -0.142. The lowest BCUT2D eigenvalue weighted by atomic mass is 10.1. The van der Waals surface area contributed by atoms with Gasteiger partial charge in [0.25, 0.3) is 11.8 Å². The Morgan fingerprint density at radius 1 is 1.15 bits per heavy atom. The number of aromatic nitrogens is 1. The van der Waals surface area contributed by atoms with E-state index >= 15 is 0 Å². The molecule has 3 heterocycles. The number of hydrogen-bond donors (Lipinski definition) is 0. The smallest absolute Gasteiger partial charge is 0.254 e. The quantitative estimate of drug-likeness (QED) is 0.812. The van der Waals surface area contributed by atoms with E-state index in [1.54, 1.807) is 28.9 Å². The van der Waals surface area contributed by atoms with E-state index < -0.39 is 0 Å². The van der Waals surface area contributed by atoms with E-state index in [1.165, 1.54) is 12.1 Å². The van der Waals surface area contributed by atoms with Gasteiger partial charge in [-0.3, -0.25) is 14.6 Å². The van der Waals surface area contributed by atoms with Gasteiger partial charge < -0.3 is 14.5 Å². The summed E-state index contributed by atoms with van der Waals surface area (Å²) in [5, 5.41) is 0.643. The highest BCUT2D eigenvalue weighted by Gasteiger charge is 2.31. The molecule has 27 heavy (non-hydrogen) atoms. The number of nitrogens with zero attached hydrogens (tertiary/aromatic N) is 3. The highest BCUT2D eigenvalue weighted by atomic mass is 19.1. The maximum Gasteiger partial charge on any atom is 0.254 e. The Kier molecular flexibility index (Phi) is 4.78. The first-order chi connectivity index (χ1) is 13.0. The summed E-state index contributed by atoms with van der Waals surface area (Å²) in [6.45, 7) is 4.38. The van der Waals surface area contributed by atoms with Gasteiger partial charge in [0.1, 0.15) is 11.9 Å². The second kappa shape index (κ2) is 7.23. The number of aryl methyl sites for hydroxylation is 1. The fourth-order valence-corrected chi connectivity index (χ4v) is 3.79. The largest absolute Gasteiger partial charge is 0.368 e. The minimum atomic E-state index is -0.375. The number of benzene rings is 1. The van der Waals surface area contributed by atoms with Crippen molar-refractivity contribution in [3.63, 3.8) is 0 Å². The van der Waals surface area contributed by atoms with Crippen LogP contribution >= 0.6 is 0 Å². The third-order valence-electron chi connectivity index (χ3n) is 5.21. The molecule has 1 unspecified atom stereocenters. The number of carbonyl (C=O) groups excluding carboxylic acids is 2. The molecule has 2 fully saturated rings. The maximum absolute atomic E-state index is 13.5. The number of piperazine rings is 1. The van der Waals surface area contributed by atoms with Crippen molar-refractivity contribution in [2.45, 2.75) is 25.9 Å². The number of halogens is 1. The number of amides is 2. The van der Waals surface area contributed by atoms with Crippen molar-refractivity contribution < 1.29 is 18.7 Å². The van der Waals surface area contributed by atoms with Gasteiger partial charge in [-0.25, -0.2) is 4.39 Å². The van der Waals surface area contributed by atoms with Gasteiger partial charge in [0.05, 0.1) is 11.1 Å². The van der Waals surface area contributed by atoms with E-state index in [-0.39, 0.29) is 23.7 Å². The normalized spacial score (nSPS) is 20.3. The van der Waals surface area contributed by atoms with Gasteiger partial charge in [0.15, 0.2) is 0 Å². The number of pyridine rings is 1. The standard InChI is InChI=1S/C20H22FN3O3/c1-13-11-16(15-5-4-14(21)12-17(15)22-13)19(25)23-6-8-24(9-7-23)20(26)18-3-2-10-27-18/h4-5,11-12,18H,2-3,6-10H2,1H3. The van der Waals surface area contributed by atoms with E-state index in [4.69, 9.17) is 4.74 Å². The Hall–Kier alpha value is -2.54. The molecule has 0 bridgehead atoms. The Morgan fingerprint density at radius 2 is 1.89 bits per heavy atom. The summed E-state index contributed by atoms with van der Waals surface area (Å²) < 4.78 is 19.0. The molecular formula is C20H22FN3O3. The molecule has 2 aliphatic rings. The number of ether oxygens (including phenoxy) is 1. The summed E-state index contributed by atoms with van der Waals surface area (Å²) in [5.41, 5.74) is 1.67. The summed E-state index contributed by atoms with van der Waals surface area (Å²) in [7, 11) is 0. The number of hydrogen-bond acceptors (Lipinski definition) is 4. The molecule has 0 radical (unpaired) electrons. The second-order valence-corrected chi connectivity index (χ2v) is 7.09. The van der Waals surface area contributed by atoms with Crippen LogP contribution in [0.1, 0.15) is 28.9 Å². The van der Waals surface area contributed by atoms with Crippen LogP contribution in [-0.2, 0) is 9.53 Å². The summed E-state index contributed by atoms with van der Waals surface area (Å²) in [5.74, 6) is -0.457. The number of carbonyl (C=O) groups is 2. The fraction of sp³-hybridized carbons (Fsp3) is 0.450. The molecule has 7 heteroatoms. The first-order valence-corrected chi connectivity index (χ1v) is 9.29. The van der Waals surface area contributed by atoms with Gasteiger partial charge in [-0.2, -0.15) is 0 Å². The average molecular weight is 371 g/mol. The van der Waals surface area contributed by atoms with Gasteiger partial charge in [0, 0.05) is 49.9 Å². The van der Waals surface area contributed by atoms with Crippen molar-refractivity contribution >= 4 is 22.7 Å². The van der Waals surface area contributed by atoms with Crippen LogP contribution in [0.3, 0.4) is 0 Å². The first kappa shape index (κ1) is 17.9. The van der Waals surface area contributed by atoms with Crippen molar-refractivity contribution in [3.8, 4) is 0 Å². The molecule has 2 amide bonds. The van der Waals surface area contributed by atoms with Gasteiger partial charge in [0.2, 0.25) is 0 Å². The molecule has 1 atom stereocenters. The molecule has 0 saturated carbocycles. The SMILES string of the molecule is Cc1cc(C(=O)N2CCN(C(=O)C3CCCO3)CC2)c2ccc(F)cc2n1. The van der Waals surface area contributed by atoms with Crippen molar-refractivity contribution in [2.24, 2.45) is 0 Å². The van der Waals surface area contributed by atoms with Gasteiger partial charge in [-0.1, -0.05) is 0 Å². The molecular weight excluding hydrogens is 349 g/mol. The van der Waals surface area contributed by atoms with Crippen LogP contribution in [0, 0.1) is 12.7 Å². The highest BCUT2D eigenvalue weighted by Crippen LogP contribution is 2.22. The molecule has 0 aliphatic carbocycles. The predicted octanol–water partition coefficient (Wildman–Crippen LogP) is 2.15. The third-order valence-corrected chi connectivity index (χ3v) is 5.21. The van der Waals surface area contributed by atoms with Crippen molar-refractivity contribution in [1.29, 1.82) is 0 Å². The van der Waals surface area contributed by atoms with Gasteiger partial charge >= 0.3 is 0 Å². The summed E-state index contributed by atoms with van der Waals surface area (Å²) in [6.07, 6.45) is 1.37. The Balaban J connectivity index is 1.50. The summed E-state index contributed by atoms with van der Waals surface area (Å²) in [6, 6.07) is 6.03. The lowest BCUT2D eigenvalue weighted by Crippen LogP contribution is -2.52. The van der Waals surface area contributed by atoms with Gasteiger partial charge in [-0.05, 0) is 38.0 Å². The second-order valence-electron chi connectivity index (χ2n) is 7.09. The molecule has 2 aliphatic heterocycles. The molecule has 142 valence electrons. The molecule has 2 saturated heterocycles. The topological polar surface area (TPSA) is 62.7 Å². The minimum Gasteiger partial charge on any atom is -0.368 e. The van der Waals surface area contributed by atoms with E-state index in [2.05, 4.69) is 4.98 Å². The zero-order chi connectivity index (χ0) is 19.0. The van der Waals surface area contributed by atoms with Crippen molar-refractivity contribution in [1.82, 2.24) is 14.8 Å². The molecule has 0 spiro atoms. The maximum atomic E-state index is 13.5. The van der Waals surface area contributed by atoms with Crippen LogP contribution < -0.4 is 0 Å². The zero-order valence-corrected chi connectivity index (χ0v) is 15.3. The first-order valence-electron chi connectivity index (χ1n) is 9.29. The Morgan fingerprint density at radius 3 is 2.59 bits per heavy atom. The van der Waals surface area contributed by atoms with E-state index in [9.17, 15) is 14.0 Å².